The molecule has 0 spiro atoms. The summed E-state index contributed by atoms with van der Waals surface area (Å²) in [5.74, 6) is -1.79. The summed E-state index contributed by atoms with van der Waals surface area (Å²) < 4.78 is 5.17. The number of hydrogen-bond donors (Lipinski definition) is 3. The van der Waals surface area contributed by atoms with Crippen LogP contribution in [0.25, 0.3) is 0 Å². The van der Waals surface area contributed by atoms with Gasteiger partial charge in [-0.05, 0) is 24.8 Å². The fourth-order valence-corrected chi connectivity index (χ4v) is 2.60. The number of nitrogens with two attached hydrogens (primary N) is 1. The van der Waals surface area contributed by atoms with E-state index in [1.807, 2.05) is 32.0 Å². The van der Waals surface area contributed by atoms with Gasteiger partial charge < -0.3 is 15.8 Å². The van der Waals surface area contributed by atoms with Crippen molar-refractivity contribution in [2.45, 2.75) is 51.6 Å². The molecule has 0 aromatic heterocycles. The van der Waals surface area contributed by atoms with Gasteiger partial charge in [0.15, 0.2) is 0 Å². The van der Waals surface area contributed by atoms with E-state index < -0.39 is 35.2 Å². The second-order valence-electron chi connectivity index (χ2n) is 7.19. The Hall–Kier alpha value is -2.81. The molecule has 0 saturated carbocycles. The summed E-state index contributed by atoms with van der Waals surface area (Å²) in [5, 5.41) is 2.54. The van der Waals surface area contributed by atoms with E-state index in [0.717, 1.165) is 10.6 Å². The molecule has 1 aromatic carbocycles. The van der Waals surface area contributed by atoms with Crippen molar-refractivity contribution >= 4 is 35.4 Å². The molecule has 9 nitrogen and oxygen atoms in total. The molecule has 2 atom stereocenters. The van der Waals surface area contributed by atoms with E-state index in [1.165, 1.54) is 6.92 Å². The maximum Gasteiger partial charge on any atom is 0.408 e. The molecule has 4 amide bonds. The molecule has 10 heteroatoms. The first-order valence-electron chi connectivity index (χ1n) is 9.61. The maximum atomic E-state index is 12.7. The number of hydrogen-bond acceptors (Lipinski definition) is 5. The molecule has 0 aliphatic rings. The van der Waals surface area contributed by atoms with Crippen molar-refractivity contribution in [1.29, 1.82) is 0 Å². The van der Waals surface area contributed by atoms with Crippen LogP contribution in [0.3, 0.4) is 0 Å². The van der Waals surface area contributed by atoms with Gasteiger partial charge in [-0.15, -0.1) is 11.6 Å². The van der Waals surface area contributed by atoms with Gasteiger partial charge in [0.2, 0.25) is 5.91 Å². The maximum absolute atomic E-state index is 12.7. The lowest BCUT2D eigenvalue weighted by atomic mass is 10.0. The average Bonchev–Trinajstić information content (AvgIpc) is 2.68. The number of nitrogens with one attached hydrogen (secondary N) is 2. The minimum atomic E-state index is -0.956. The first-order chi connectivity index (χ1) is 14.1. The van der Waals surface area contributed by atoms with Crippen molar-refractivity contribution in [2.75, 3.05) is 6.54 Å². The number of carbonyl (C=O) groups excluding carboxylic acids is 4. The Morgan fingerprint density at radius 1 is 1.13 bits per heavy atom. The number of benzene rings is 1. The van der Waals surface area contributed by atoms with Gasteiger partial charge in [0.25, 0.3) is 11.8 Å². The second-order valence-corrected chi connectivity index (χ2v) is 7.84. The minimum absolute atomic E-state index is 0.0513. The zero-order chi connectivity index (χ0) is 22.7. The Morgan fingerprint density at radius 3 is 2.30 bits per heavy atom. The smallest absolute Gasteiger partial charge is 0.408 e. The predicted molar refractivity (Wildman–Crippen MR) is 112 cm³/mol. The molecule has 0 aliphatic carbocycles. The summed E-state index contributed by atoms with van der Waals surface area (Å²) in [6.07, 6.45) is -0.613. The van der Waals surface area contributed by atoms with Crippen molar-refractivity contribution < 1.29 is 23.9 Å². The topological polar surface area (TPSA) is 131 Å². The first kappa shape index (κ1) is 25.2. The zero-order valence-electron chi connectivity index (χ0n) is 17.4. The number of nitrogens with zero attached hydrogens (tertiary/aromatic N) is 1. The molecule has 4 N–H and O–H groups in total. The number of primary amides is 1. The number of amides is 4. The largest absolute Gasteiger partial charge is 0.445 e. The molecule has 166 valence electrons. The van der Waals surface area contributed by atoms with Crippen LogP contribution in [0.2, 0.25) is 0 Å². The van der Waals surface area contributed by atoms with E-state index in [9.17, 15) is 19.2 Å². The van der Waals surface area contributed by atoms with Crippen molar-refractivity contribution in [3.05, 3.63) is 35.9 Å². The third kappa shape index (κ3) is 9.60. The minimum Gasteiger partial charge on any atom is -0.445 e. The van der Waals surface area contributed by atoms with E-state index in [4.69, 9.17) is 22.1 Å². The van der Waals surface area contributed by atoms with Gasteiger partial charge in [0.05, 0.1) is 6.54 Å². The summed E-state index contributed by atoms with van der Waals surface area (Å²) in [5.41, 5.74) is 8.35. The lowest BCUT2D eigenvalue weighted by molar-refractivity contribution is -0.142. The number of hydrazine groups is 1. The molecule has 0 fully saturated rings. The number of ether oxygens (including phenoxy) is 1. The lowest BCUT2D eigenvalue weighted by Crippen LogP contribution is -2.56. The Kier molecular flexibility index (Phi) is 10.7. The highest BCUT2D eigenvalue weighted by atomic mass is 35.5. The van der Waals surface area contributed by atoms with Crippen molar-refractivity contribution in [3.8, 4) is 0 Å². The Labute approximate surface area is 181 Å². The fraction of sp³-hybridized carbons (Fsp3) is 0.500. The summed E-state index contributed by atoms with van der Waals surface area (Å²) >= 11 is 5.82. The molecule has 1 rings (SSSR count). The fourth-order valence-electron chi connectivity index (χ4n) is 2.48. The monoisotopic (exact) mass is 440 g/mol. The van der Waals surface area contributed by atoms with Gasteiger partial charge in [0.1, 0.15) is 18.0 Å². The van der Waals surface area contributed by atoms with Gasteiger partial charge >= 0.3 is 6.09 Å². The van der Waals surface area contributed by atoms with Crippen LogP contribution in [0.15, 0.2) is 30.3 Å². The van der Waals surface area contributed by atoms with Crippen LogP contribution in [-0.2, 0) is 25.7 Å². The molecule has 0 aliphatic heterocycles. The number of halogens is 1. The quantitative estimate of drug-likeness (QED) is 0.376. The van der Waals surface area contributed by atoms with Gasteiger partial charge in [0, 0.05) is 6.42 Å². The van der Waals surface area contributed by atoms with E-state index in [2.05, 4.69) is 10.7 Å². The molecular formula is C20H29ClN4O5. The summed E-state index contributed by atoms with van der Waals surface area (Å²) in [6.45, 7) is 5.12. The number of alkyl halides is 1. The molecule has 0 saturated heterocycles. The third-order valence-corrected chi connectivity index (χ3v) is 4.15. The molecule has 30 heavy (non-hydrogen) atoms. The van der Waals surface area contributed by atoms with E-state index in [-0.39, 0.29) is 25.5 Å². The highest BCUT2D eigenvalue weighted by Crippen LogP contribution is 2.08. The highest BCUT2D eigenvalue weighted by molar-refractivity contribution is 6.30. The summed E-state index contributed by atoms with van der Waals surface area (Å²) in [7, 11) is 0. The Morgan fingerprint density at radius 2 is 1.77 bits per heavy atom. The van der Waals surface area contributed by atoms with Crippen LogP contribution < -0.4 is 16.5 Å². The highest BCUT2D eigenvalue weighted by Gasteiger charge is 2.27. The average molecular weight is 441 g/mol. The van der Waals surface area contributed by atoms with Crippen LogP contribution in [0, 0.1) is 5.92 Å². The van der Waals surface area contributed by atoms with Gasteiger partial charge in [-0.2, -0.15) is 0 Å². The van der Waals surface area contributed by atoms with Crippen molar-refractivity contribution in [1.82, 2.24) is 15.8 Å². The van der Waals surface area contributed by atoms with E-state index in [1.54, 1.807) is 12.1 Å². The summed E-state index contributed by atoms with van der Waals surface area (Å²) in [6, 6.07) is 8.15. The van der Waals surface area contributed by atoms with E-state index >= 15 is 0 Å². The number of carbonyl (C=O) groups is 4. The second kappa shape index (κ2) is 12.7. The van der Waals surface area contributed by atoms with E-state index in [0.29, 0.717) is 6.42 Å². The molecule has 1 aromatic rings. The van der Waals surface area contributed by atoms with Crippen LogP contribution in [0.4, 0.5) is 4.79 Å². The normalized spacial score (nSPS) is 12.6. The van der Waals surface area contributed by atoms with Gasteiger partial charge in [-0.3, -0.25) is 24.8 Å². The van der Waals surface area contributed by atoms with Crippen LogP contribution in [0.1, 0.15) is 39.2 Å². The number of alkyl carbamates (subject to hydrolysis) is 1. The molecule has 1 unspecified atom stereocenters. The molecule has 0 heterocycles. The lowest BCUT2D eigenvalue weighted by Gasteiger charge is -2.27. The van der Waals surface area contributed by atoms with Crippen molar-refractivity contribution in [3.63, 3.8) is 0 Å². The van der Waals surface area contributed by atoms with Crippen molar-refractivity contribution in [2.24, 2.45) is 11.7 Å². The third-order valence-electron chi connectivity index (χ3n) is 3.96. The SMILES string of the molecule is CC(C)C[C@H](NC(=O)OCc1ccccc1)C(=O)NN(CCC(N)=O)C(=O)C(C)Cl. The van der Waals surface area contributed by atoms with Gasteiger partial charge in [-0.1, -0.05) is 44.2 Å². The molecular weight excluding hydrogens is 412 g/mol. The van der Waals surface area contributed by atoms with Crippen LogP contribution in [-0.4, -0.2) is 46.8 Å². The number of rotatable bonds is 10. The predicted octanol–water partition coefficient (Wildman–Crippen LogP) is 1.69. The zero-order valence-corrected chi connectivity index (χ0v) is 18.1. The molecule has 0 bridgehead atoms. The molecule has 0 radical (unpaired) electrons. The first-order valence-corrected chi connectivity index (χ1v) is 10.0. The van der Waals surface area contributed by atoms with Crippen LogP contribution in [0.5, 0.6) is 0 Å². The van der Waals surface area contributed by atoms with Crippen LogP contribution >= 0.6 is 11.6 Å². The standard InChI is InChI=1S/C20H29ClN4O5/c1-13(2)11-16(23-20(29)30-12-15-7-5-4-6-8-15)18(27)24-25(10-9-17(22)26)19(28)14(3)21/h4-8,13-14,16H,9-12H2,1-3H3,(H2,22,26)(H,23,29)(H,24,27)/t14?,16-/m0/s1. The summed E-state index contributed by atoms with van der Waals surface area (Å²) in [4.78, 5) is 48.2. The van der Waals surface area contributed by atoms with Gasteiger partial charge in [-0.25, -0.2) is 4.79 Å². The Balaban J connectivity index is 2.78. The Bertz CT molecular complexity index is 727.